The predicted octanol–water partition coefficient (Wildman–Crippen LogP) is 19.2. The van der Waals surface area contributed by atoms with E-state index in [1.54, 1.807) is 0 Å². The van der Waals surface area contributed by atoms with Gasteiger partial charge in [-0.25, -0.2) is 0 Å². The summed E-state index contributed by atoms with van der Waals surface area (Å²) in [6.07, 6.45) is 69.2. The van der Waals surface area contributed by atoms with Crippen molar-refractivity contribution in [1.29, 1.82) is 0 Å². The van der Waals surface area contributed by atoms with Gasteiger partial charge in [0.15, 0.2) is 6.10 Å². The van der Waals surface area contributed by atoms with Gasteiger partial charge in [0.25, 0.3) is 0 Å². The third kappa shape index (κ3) is 53.9. The van der Waals surface area contributed by atoms with Gasteiger partial charge in [-0.2, -0.15) is 0 Å². The molecule has 0 saturated carbocycles. The molecule has 6 heteroatoms. The highest BCUT2D eigenvalue weighted by molar-refractivity contribution is 5.71. The molecule has 0 N–H and O–H groups in total. The Morgan fingerprint density at radius 2 is 0.552 bits per heavy atom. The van der Waals surface area contributed by atoms with Gasteiger partial charge in [-0.3, -0.25) is 14.4 Å². The second-order valence-corrected chi connectivity index (χ2v) is 19.3. The summed E-state index contributed by atoms with van der Waals surface area (Å²) < 4.78 is 16.8. The summed E-state index contributed by atoms with van der Waals surface area (Å²) in [6, 6.07) is 0. The van der Waals surface area contributed by atoms with Crippen LogP contribution in [0.3, 0.4) is 0 Å². The molecule has 0 aromatic carbocycles. The molecule has 0 aliphatic carbocycles. The SMILES string of the molecule is CCCCC\C=C/C=C\C=C/C=C\CCCCCCCC(=O)OCC(COC(=O)CCCCCCCCCCCCCCC)OC(=O)CCCCCCC/C=C\CCCCCCCCCCC. The van der Waals surface area contributed by atoms with Gasteiger partial charge in [0, 0.05) is 19.3 Å². The molecule has 0 amide bonds. The lowest BCUT2D eigenvalue weighted by atomic mass is 10.0. The highest BCUT2D eigenvalue weighted by Crippen LogP contribution is 2.16. The number of hydrogen-bond acceptors (Lipinski definition) is 6. The lowest BCUT2D eigenvalue weighted by Crippen LogP contribution is -2.30. The lowest BCUT2D eigenvalue weighted by molar-refractivity contribution is -0.167. The number of ether oxygens (including phenoxy) is 3. The molecule has 1 unspecified atom stereocenters. The number of unbranched alkanes of at least 4 members (excludes halogenated alkanes) is 34. The first-order valence-electron chi connectivity index (χ1n) is 28.8. The van der Waals surface area contributed by atoms with E-state index in [-0.39, 0.29) is 31.1 Å². The van der Waals surface area contributed by atoms with Crippen molar-refractivity contribution in [3.05, 3.63) is 60.8 Å². The summed E-state index contributed by atoms with van der Waals surface area (Å²) >= 11 is 0. The maximum atomic E-state index is 12.9. The zero-order chi connectivity index (χ0) is 48.6. The van der Waals surface area contributed by atoms with Crippen LogP contribution >= 0.6 is 0 Å². The molecule has 6 nitrogen and oxygen atoms in total. The highest BCUT2D eigenvalue weighted by atomic mass is 16.6. The van der Waals surface area contributed by atoms with Crippen LogP contribution < -0.4 is 0 Å². The molecule has 0 spiro atoms. The average Bonchev–Trinajstić information content (AvgIpc) is 3.33. The molecule has 0 aliphatic heterocycles. The Bertz CT molecular complexity index is 1210. The molecule has 388 valence electrons. The maximum Gasteiger partial charge on any atom is 0.306 e. The third-order valence-electron chi connectivity index (χ3n) is 12.6. The molecule has 0 aromatic heterocycles. The molecule has 0 heterocycles. The molecule has 0 aliphatic rings. The molecule has 0 aromatic rings. The van der Waals surface area contributed by atoms with Crippen molar-refractivity contribution in [3.63, 3.8) is 0 Å². The van der Waals surface area contributed by atoms with E-state index >= 15 is 0 Å². The van der Waals surface area contributed by atoms with E-state index in [9.17, 15) is 14.4 Å². The van der Waals surface area contributed by atoms with E-state index in [0.29, 0.717) is 19.3 Å². The highest BCUT2D eigenvalue weighted by Gasteiger charge is 2.19. The average molecular weight is 938 g/mol. The molecular formula is C61H108O6. The van der Waals surface area contributed by atoms with Crippen LogP contribution in [0.2, 0.25) is 0 Å². The van der Waals surface area contributed by atoms with Crippen LogP contribution in [0.25, 0.3) is 0 Å². The van der Waals surface area contributed by atoms with Crippen molar-refractivity contribution in [2.24, 2.45) is 0 Å². The molecule has 0 saturated heterocycles. The second kappa shape index (κ2) is 55.7. The maximum absolute atomic E-state index is 12.9. The monoisotopic (exact) mass is 937 g/mol. The lowest BCUT2D eigenvalue weighted by Gasteiger charge is -2.18. The Balaban J connectivity index is 4.41. The van der Waals surface area contributed by atoms with Gasteiger partial charge >= 0.3 is 17.9 Å². The zero-order valence-corrected chi connectivity index (χ0v) is 44.4. The molecule has 1 atom stereocenters. The number of rotatable bonds is 52. The van der Waals surface area contributed by atoms with Crippen LogP contribution in [-0.4, -0.2) is 37.2 Å². The van der Waals surface area contributed by atoms with Crippen molar-refractivity contribution in [1.82, 2.24) is 0 Å². The fraction of sp³-hybridized carbons (Fsp3) is 0.787. The van der Waals surface area contributed by atoms with E-state index in [2.05, 4.69) is 81.5 Å². The number of carbonyl (C=O) groups excluding carboxylic acids is 3. The van der Waals surface area contributed by atoms with Gasteiger partial charge in [0.2, 0.25) is 0 Å². The molecule has 0 radical (unpaired) electrons. The standard InChI is InChI=1S/C61H108O6/c1-4-7-10-13-16-19-22-25-27-29-31-33-36-39-42-45-48-51-54-60(63)66-57-58(56-65-59(62)53-50-47-44-41-38-35-24-21-18-15-12-9-6-3)67-61(64)55-52-49-46-43-40-37-34-32-30-28-26-23-20-17-14-11-8-5-2/h16,19,22,25,27,29,31-34,58H,4-15,17-18,20-21,23-24,26,28,30,35-57H2,1-3H3/b19-16-,25-22-,29-27-,33-31-,34-32-. The van der Waals surface area contributed by atoms with Crippen LogP contribution in [0.5, 0.6) is 0 Å². The Morgan fingerprint density at radius 3 is 0.910 bits per heavy atom. The quantitative estimate of drug-likeness (QED) is 0.0199. The van der Waals surface area contributed by atoms with Crippen LogP contribution in [0.1, 0.15) is 290 Å². The first kappa shape index (κ1) is 64.1. The first-order chi connectivity index (χ1) is 33.0. The topological polar surface area (TPSA) is 78.9 Å². The first-order valence-corrected chi connectivity index (χ1v) is 28.8. The van der Waals surface area contributed by atoms with Crippen LogP contribution in [-0.2, 0) is 28.6 Å². The van der Waals surface area contributed by atoms with E-state index in [1.165, 1.54) is 154 Å². The van der Waals surface area contributed by atoms with Gasteiger partial charge in [0.05, 0.1) is 0 Å². The minimum absolute atomic E-state index is 0.0829. The Labute approximate surface area is 415 Å². The summed E-state index contributed by atoms with van der Waals surface area (Å²) in [5.74, 6) is -0.903. The van der Waals surface area contributed by atoms with Gasteiger partial charge in [0.1, 0.15) is 13.2 Å². The Kier molecular flexibility index (Phi) is 53.3. The largest absolute Gasteiger partial charge is 0.462 e. The second-order valence-electron chi connectivity index (χ2n) is 19.3. The number of carbonyl (C=O) groups is 3. The Morgan fingerprint density at radius 1 is 0.299 bits per heavy atom. The fourth-order valence-corrected chi connectivity index (χ4v) is 8.21. The molecule has 67 heavy (non-hydrogen) atoms. The van der Waals surface area contributed by atoms with Gasteiger partial charge < -0.3 is 14.2 Å². The van der Waals surface area contributed by atoms with Crippen molar-refractivity contribution in [3.8, 4) is 0 Å². The zero-order valence-electron chi connectivity index (χ0n) is 44.4. The smallest absolute Gasteiger partial charge is 0.306 e. The summed E-state index contributed by atoms with van der Waals surface area (Å²) in [5.41, 5.74) is 0. The van der Waals surface area contributed by atoms with E-state index < -0.39 is 6.10 Å². The summed E-state index contributed by atoms with van der Waals surface area (Å²) in [4.78, 5) is 38.1. The fourth-order valence-electron chi connectivity index (χ4n) is 8.21. The minimum Gasteiger partial charge on any atom is -0.462 e. The summed E-state index contributed by atoms with van der Waals surface area (Å²) in [7, 11) is 0. The molecule has 0 rings (SSSR count). The number of allylic oxidation sites excluding steroid dienone is 10. The summed E-state index contributed by atoms with van der Waals surface area (Å²) in [6.45, 7) is 6.60. The van der Waals surface area contributed by atoms with Crippen molar-refractivity contribution in [2.75, 3.05) is 13.2 Å². The van der Waals surface area contributed by atoms with Gasteiger partial charge in [-0.1, -0.05) is 261 Å². The van der Waals surface area contributed by atoms with Crippen LogP contribution in [0.15, 0.2) is 60.8 Å². The van der Waals surface area contributed by atoms with Gasteiger partial charge in [-0.05, 0) is 70.6 Å². The Hall–Kier alpha value is -2.89. The van der Waals surface area contributed by atoms with E-state index in [1.807, 2.05) is 0 Å². The van der Waals surface area contributed by atoms with Gasteiger partial charge in [-0.15, -0.1) is 0 Å². The normalized spacial score (nSPS) is 12.5. The number of esters is 3. The van der Waals surface area contributed by atoms with Crippen molar-refractivity contribution in [2.45, 2.75) is 297 Å². The molecule has 0 bridgehead atoms. The summed E-state index contributed by atoms with van der Waals surface area (Å²) in [5, 5.41) is 0. The van der Waals surface area contributed by atoms with Crippen molar-refractivity contribution < 1.29 is 28.6 Å². The van der Waals surface area contributed by atoms with Crippen LogP contribution in [0, 0.1) is 0 Å². The third-order valence-corrected chi connectivity index (χ3v) is 12.6. The predicted molar refractivity (Wildman–Crippen MR) is 288 cm³/mol. The van der Waals surface area contributed by atoms with Crippen molar-refractivity contribution >= 4 is 17.9 Å². The van der Waals surface area contributed by atoms with Crippen LogP contribution in [0.4, 0.5) is 0 Å². The minimum atomic E-state index is -0.787. The number of hydrogen-bond donors (Lipinski definition) is 0. The molecular weight excluding hydrogens is 829 g/mol. The van der Waals surface area contributed by atoms with E-state index in [4.69, 9.17) is 14.2 Å². The van der Waals surface area contributed by atoms with E-state index in [0.717, 1.165) is 96.3 Å². The molecule has 0 fully saturated rings.